The number of nitrogens with zero attached hydrogens (tertiary/aromatic N) is 3. The lowest BCUT2D eigenvalue weighted by atomic mass is 10.1. The lowest BCUT2D eigenvalue weighted by Gasteiger charge is -2.25. The van der Waals surface area contributed by atoms with Crippen LogP contribution in [-0.4, -0.2) is 42.6 Å². The van der Waals surface area contributed by atoms with E-state index in [2.05, 4.69) is 54.6 Å². The second-order valence-electron chi connectivity index (χ2n) is 5.42. The Kier molecular flexibility index (Phi) is 8.31. The van der Waals surface area contributed by atoms with Crippen molar-refractivity contribution in [1.29, 1.82) is 0 Å². The third-order valence-electron chi connectivity index (χ3n) is 4.13. The minimum atomic E-state index is 0.0526. The lowest BCUT2D eigenvalue weighted by molar-refractivity contribution is 0.301. The number of nitrogens with two attached hydrogens (primary N) is 1. The maximum Gasteiger partial charge on any atom is 0.0572 e. The van der Waals surface area contributed by atoms with Crippen LogP contribution in [0, 0.1) is 0 Å². The molecule has 0 saturated carbocycles. The highest BCUT2D eigenvalue weighted by atomic mass is 15.1. The normalized spacial score (nSPS) is 12.7. The topological polar surface area (TPSA) is 45.4 Å². The summed E-state index contributed by atoms with van der Waals surface area (Å²) >= 11 is 0. The molecule has 1 unspecified atom stereocenters. The van der Waals surface area contributed by atoms with Crippen molar-refractivity contribution in [2.45, 2.75) is 46.6 Å². The molecule has 4 heteroatoms. The summed E-state index contributed by atoms with van der Waals surface area (Å²) < 4.78 is 0. The Bertz CT molecular complexity index is 373. The molecule has 1 heterocycles. The van der Waals surface area contributed by atoms with Gasteiger partial charge in [0.1, 0.15) is 0 Å². The van der Waals surface area contributed by atoms with Gasteiger partial charge >= 0.3 is 0 Å². The van der Waals surface area contributed by atoms with Gasteiger partial charge in [-0.2, -0.15) is 0 Å². The summed E-state index contributed by atoms with van der Waals surface area (Å²) in [7, 11) is 0. The van der Waals surface area contributed by atoms with E-state index in [0.29, 0.717) is 0 Å². The Hall–Kier alpha value is -1.13. The van der Waals surface area contributed by atoms with E-state index in [1.165, 1.54) is 12.1 Å². The number of pyridine rings is 1. The zero-order chi connectivity index (χ0) is 15.7. The predicted molar refractivity (Wildman–Crippen MR) is 91.7 cm³/mol. The zero-order valence-electron chi connectivity index (χ0n) is 14.2. The van der Waals surface area contributed by atoms with Crippen LogP contribution in [0.25, 0.3) is 0 Å². The van der Waals surface area contributed by atoms with Gasteiger partial charge in [-0.1, -0.05) is 20.8 Å². The Morgan fingerprint density at radius 3 is 2.24 bits per heavy atom. The molecule has 0 bridgehead atoms. The van der Waals surface area contributed by atoms with Crippen LogP contribution < -0.4 is 10.6 Å². The summed E-state index contributed by atoms with van der Waals surface area (Å²) in [5.41, 5.74) is 8.20. The molecule has 120 valence electrons. The second-order valence-corrected chi connectivity index (χ2v) is 5.42. The van der Waals surface area contributed by atoms with Crippen molar-refractivity contribution in [2.24, 2.45) is 5.73 Å². The average Bonchev–Trinajstić information content (AvgIpc) is 2.55. The maximum absolute atomic E-state index is 6.02. The van der Waals surface area contributed by atoms with Gasteiger partial charge in [-0.3, -0.25) is 4.98 Å². The molecule has 0 amide bonds. The fourth-order valence-electron chi connectivity index (χ4n) is 2.51. The Labute approximate surface area is 130 Å². The molecule has 0 aliphatic heterocycles. The average molecular weight is 292 g/mol. The van der Waals surface area contributed by atoms with Crippen molar-refractivity contribution in [3.63, 3.8) is 0 Å². The van der Waals surface area contributed by atoms with Gasteiger partial charge in [0.15, 0.2) is 0 Å². The molecule has 0 aromatic carbocycles. The van der Waals surface area contributed by atoms with Gasteiger partial charge in [0.05, 0.1) is 17.6 Å². The van der Waals surface area contributed by atoms with E-state index in [1.807, 2.05) is 6.20 Å². The van der Waals surface area contributed by atoms with Crippen LogP contribution in [0.3, 0.4) is 0 Å². The van der Waals surface area contributed by atoms with Crippen molar-refractivity contribution in [1.82, 2.24) is 9.88 Å². The number of rotatable bonds is 10. The molecule has 1 atom stereocenters. The highest BCUT2D eigenvalue weighted by molar-refractivity contribution is 5.44. The predicted octanol–water partition coefficient (Wildman–Crippen LogP) is 3.05. The number of hydrogen-bond acceptors (Lipinski definition) is 4. The fourth-order valence-corrected chi connectivity index (χ4v) is 2.51. The minimum absolute atomic E-state index is 0.0526. The van der Waals surface area contributed by atoms with Crippen LogP contribution in [0.15, 0.2) is 18.3 Å². The van der Waals surface area contributed by atoms with Gasteiger partial charge in [-0.15, -0.1) is 0 Å². The molecule has 0 radical (unpaired) electrons. The van der Waals surface area contributed by atoms with Crippen molar-refractivity contribution < 1.29 is 0 Å². The molecule has 0 saturated heterocycles. The smallest absolute Gasteiger partial charge is 0.0572 e. The summed E-state index contributed by atoms with van der Waals surface area (Å²) in [5, 5.41) is 0. The first-order valence-corrected chi connectivity index (χ1v) is 8.34. The van der Waals surface area contributed by atoms with E-state index in [4.69, 9.17) is 5.73 Å². The molecule has 1 aromatic heterocycles. The Balaban J connectivity index is 2.55. The van der Waals surface area contributed by atoms with Gasteiger partial charge in [-0.25, -0.2) is 0 Å². The van der Waals surface area contributed by atoms with Gasteiger partial charge in [0.25, 0.3) is 0 Å². The Morgan fingerprint density at radius 2 is 1.76 bits per heavy atom. The molecule has 0 spiro atoms. The number of anilines is 1. The molecule has 2 N–H and O–H groups in total. The molecule has 0 aliphatic rings. The van der Waals surface area contributed by atoms with Gasteiger partial charge in [0.2, 0.25) is 0 Å². The molecule has 0 fully saturated rings. The first kappa shape index (κ1) is 17.9. The van der Waals surface area contributed by atoms with E-state index < -0.39 is 0 Å². The highest BCUT2D eigenvalue weighted by Gasteiger charge is 2.08. The monoisotopic (exact) mass is 292 g/mol. The van der Waals surface area contributed by atoms with Crippen LogP contribution in [-0.2, 0) is 0 Å². The van der Waals surface area contributed by atoms with Crippen molar-refractivity contribution in [2.75, 3.05) is 37.6 Å². The van der Waals surface area contributed by atoms with Crippen molar-refractivity contribution in [3.8, 4) is 0 Å². The van der Waals surface area contributed by atoms with Gasteiger partial charge in [0, 0.05) is 19.1 Å². The molecule has 0 aliphatic carbocycles. The number of aromatic nitrogens is 1. The first-order valence-electron chi connectivity index (χ1n) is 8.34. The summed E-state index contributed by atoms with van der Waals surface area (Å²) in [6, 6.07) is 4.27. The van der Waals surface area contributed by atoms with Gasteiger partial charge in [-0.05, 0) is 51.5 Å². The third-order valence-corrected chi connectivity index (χ3v) is 4.13. The second kappa shape index (κ2) is 9.74. The molecule has 21 heavy (non-hydrogen) atoms. The SMILES string of the molecule is CCC(N)c1ccc(N(CC)CCCN(CC)CC)cn1. The molecular weight excluding hydrogens is 260 g/mol. The van der Waals surface area contributed by atoms with Gasteiger partial charge < -0.3 is 15.5 Å². The fraction of sp³-hybridized carbons (Fsp3) is 0.706. The third kappa shape index (κ3) is 5.64. The van der Waals surface area contributed by atoms with Crippen LogP contribution >= 0.6 is 0 Å². The summed E-state index contributed by atoms with van der Waals surface area (Å²) in [6.07, 6.45) is 4.07. The first-order chi connectivity index (χ1) is 10.2. The number of hydrogen-bond donors (Lipinski definition) is 1. The highest BCUT2D eigenvalue weighted by Crippen LogP contribution is 2.17. The van der Waals surface area contributed by atoms with Crippen LogP contribution in [0.1, 0.15) is 52.3 Å². The standard InChI is InChI=1S/C17H32N4/c1-5-16(18)17-11-10-15(14-19-17)21(8-4)13-9-12-20(6-2)7-3/h10-11,14,16H,5-9,12-13,18H2,1-4H3. The van der Waals surface area contributed by atoms with Crippen LogP contribution in [0.2, 0.25) is 0 Å². The molecule has 4 nitrogen and oxygen atoms in total. The molecule has 1 aromatic rings. The van der Waals surface area contributed by atoms with E-state index >= 15 is 0 Å². The molecular formula is C17H32N4. The summed E-state index contributed by atoms with van der Waals surface area (Å²) in [4.78, 5) is 9.37. The minimum Gasteiger partial charge on any atom is -0.371 e. The summed E-state index contributed by atoms with van der Waals surface area (Å²) in [5.74, 6) is 0. The van der Waals surface area contributed by atoms with E-state index in [0.717, 1.165) is 44.8 Å². The maximum atomic E-state index is 6.02. The quantitative estimate of drug-likeness (QED) is 0.720. The molecule has 1 rings (SSSR count). The van der Waals surface area contributed by atoms with E-state index in [1.54, 1.807) is 0 Å². The van der Waals surface area contributed by atoms with Crippen molar-refractivity contribution in [3.05, 3.63) is 24.0 Å². The Morgan fingerprint density at radius 1 is 1.05 bits per heavy atom. The van der Waals surface area contributed by atoms with Crippen LogP contribution in [0.5, 0.6) is 0 Å². The van der Waals surface area contributed by atoms with Crippen LogP contribution in [0.4, 0.5) is 5.69 Å². The lowest BCUT2D eigenvalue weighted by Crippen LogP contribution is -2.30. The van der Waals surface area contributed by atoms with E-state index in [-0.39, 0.29) is 6.04 Å². The summed E-state index contributed by atoms with van der Waals surface area (Å²) in [6.45, 7) is 14.3. The largest absolute Gasteiger partial charge is 0.371 e. The van der Waals surface area contributed by atoms with Crippen molar-refractivity contribution >= 4 is 5.69 Å². The zero-order valence-corrected chi connectivity index (χ0v) is 14.2. The van der Waals surface area contributed by atoms with E-state index in [9.17, 15) is 0 Å².